The summed E-state index contributed by atoms with van der Waals surface area (Å²) in [6.45, 7) is 3.47. The number of methoxy groups -OCH3 is 1. The van der Waals surface area contributed by atoms with E-state index in [0.717, 1.165) is 6.07 Å². The van der Waals surface area contributed by atoms with Crippen molar-refractivity contribution < 1.29 is 28.2 Å². The zero-order valence-electron chi connectivity index (χ0n) is 25.6. The van der Waals surface area contributed by atoms with Gasteiger partial charge in [-0.3, -0.25) is 24.0 Å². The van der Waals surface area contributed by atoms with E-state index in [4.69, 9.17) is 14.2 Å². The van der Waals surface area contributed by atoms with Crippen LogP contribution >= 0.6 is 12.4 Å². The number of hydrogen-bond acceptors (Lipinski definition) is 8. The smallest absolute Gasteiger partial charge is 0.320 e. The minimum Gasteiger partial charge on any atom is -0.497 e. The molecule has 240 valence electrons. The fourth-order valence-corrected chi connectivity index (χ4v) is 4.94. The highest BCUT2D eigenvalue weighted by Gasteiger charge is 2.26. The zero-order valence-corrected chi connectivity index (χ0v) is 26.4. The average Bonchev–Trinajstić information content (AvgIpc) is 3.26. The third kappa shape index (κ3) is 7.19. The van der Waals surface area contributed by atoms with Gasteiger partial charge < -0.3 is 24.8 Å². The molecule has 0 aliphatic carbocycles. The number of para-hydroxylation sites is 1. The number of aromatic nitrogens is 3. The van der Waals surface area contributed by atoms with E-state index in [0.29, 0.717) is 33.8 Å². The summed E-state index contributed by atoms with van der Waals surface area (Å²) in [6.07, 6.45) is 0.941. The maximum Gasteiger partial charge on any atom is 0.320 e. The highest BCUT2D eigenvalue weighted by molar-refractivity contribution is 6.05. The molecule has 1 amide bonds. The van der Waals surface area contributed by atoms with Gasteiger partial charge in [0.1, 0.15) is 23.2 Å². The molecule has 0 saturated heterocycles. The Morgan fingerprint density at radius 2 is 1.78 bits per heavy atom. The van der Waals surface area contributed by atoms with Gasteiger partial charge in [0.15, 0.2) is 11.6 Å². The maximum atomic E-state index is 15.2. The Labute approximate surface area is 270 Å². The van der Waals surface area contributed by atoms with Gasteiger partial charge in [-0.1, -0.05) is 18.2 Å². The Morgan fingerprint density at radius 3 is 2.48 bits per heavy atom. The Morgan fingerprint density at radius 1 is 1.02 bits per heavy atom. The van der Waals surface area contributed by atoms with E-state index in [2.05, 4.69) is 15.6 Å². The molecule has 0 aliphatic heterocycles. The Bertz CT molecular complexity index is 1930. The molecule has 0 aliphatic rings. The normalized spacial score (nSPS) is 11.4. The number of fused-ring (bicyclic) bond motifs is 1. The molecule has 0 radical (unpaired) electrons. The molecule has 2 aromatic heterocycles. The predicted molar refractivity (Wildman–Crippen MR) is 174 cm³/mol. The van der Waals surface area contributed by atoms with Gasteiger partial charge in [-0.25, -0.2) is 9.07 Å². The summed E-state index contributed by atoms with van der Waals surface area (Å²) >= 11 is 0. The van der Waals surface area contributed by atoms with Crippen molar-refractivity contribution in [1.29, 1.82) is 0 Å². The number of hydrogen-bond donors (Lipinski definition) is 2. The molecular weight excluding hydrogens is 617 g/mol. The van der Waals surface area contributed by atoms with Gasteiger partial charge in [0.2, 0.25) is 0 Å². The van der Waals surface area contributed by atoms with Gasteiger partial charge >= 0.3 is 5.97 Å². The number of nitrogens with zero attached hydrogens (tertiary/aromatic N) is 3. The lowest BCUT2D eigenvalue weighted by Gasteiger charge is -2.18. The zero-order chi connectivity index (χ0) is 32.1. The van der Waals surface area contributed by atoms with E-state index in [1.165, 1.54) is 16.8 Å². The van der Waals surface area contributed by atoms with E-state index in [1.807, 2.05) is 0 Å². The number of likely N-dealkylation sites (N-methyl/N-ethyl adjacent to an activating group) is 1. The quantitative estimate of drug-likeness (QED) is 0.186. The molecule has 0 fully saturated rings. The monoisotopic (exact) mass is 649 g/mol. The van der Waals surface area contributed by atoms with Gasteiger partial charge in [0.25, 0.3) is 11.5 Å². The molecule has 2 N–H and O–H groups in total. The molecule has 13 heteroatoms. The van der Waals surface area contributed by atoms with E-state index >= 15 is 4.39 Å². The number of ether oxygens (including phenoxy) is 3. The summed E-state index contributed by atoms with van der Waals surface area (Å²) in [7, 11) is 3.19. The lowest BCUT2D eigenvalue weighted by atomic mass is 10.2. The number of halogens is 2. The van der Waals surface area contributed by atoms with Crippen molar-refractivity contribution in [3.63, 3.8) is 0 Å². The highest BCUT2D eigenvalue weighted by Crippen LogP contribution is 2.33. The molecule has 1 atom stereocenters. The molecular formula is C33H33ClFN5O6. The number of carbonyl (C=O) groups excluding carboxylic acids is 2. The number of nitrogens with one attached hydrogen (secondary N) is 2. The third-order valence-electron chi connectivity index (χ3n) is 7.03. The summed E-state index contributed by atoms with van der Waals surface area (Å²) in [5.74, 6) is -0.938. The molecule has 0 spiro atoms. The van der Waals surface area contributed by atoms with Crippen LogP contribution in [0.15, 0.2) is 83.8 Å². The lowest BCUT2D eigenvalue weighted by molar-refractivity contribution is -0.147. The standard InChI is InChI=1S/C33H32FN5O6.ClH/c1-20(44-30(40)18-35-3)19-38-21(2)31(33(42)39(38)23-8-6-5-7-9-23)32(41)37-22-10-13-29(26(34)16-22)45-28-14-15-36-27-17-24(43-4)11-12-25(27)28;/h5-17,20,35H,18-19H2,1-4H3,(H,37,41);1H/t20-;/m1./s1. The summed E-state index contributed by atoms with van der Waals surface area (Å²) in [6, 6.07) is 19.7. The van der Waals surface area contributed by atoms with Gasteiger partial charge in [0.05, 0.1) is 37.1 Å². The third-order valence-corrected chi connectivity index (χ3v) is 7.03. The summed E-state index contributed by atoms with van der Waals surface area (Å²) < 4.78 is 34.7. The molecule has 46 heavy (non-hydrogen) atoms. The van der Waals surface area contributed by atoms with E-state index < -0.39 is 29.4 Å². The topological polar surface area (TPSA) is 126 Å². The predicted octanol–water partition coefficient (Wildman–Crippen LogP) is 5.26. The van der Waals surface area contributed by atoms with Crippen LogP contribution in [0.5, 0.6) is 17.2 Å². The average molecular weight is 650 g/mol. The highest BCUT2D eigenvalue weighted by atomic mass is 35.5. The van der Waals surface area contributed by atoms with E-state index in [-0.39, 0.29) is 42.5 Å². The minimum atomic E-state index is -0.723. The second kappa shape index (κ2) is 14.7. The number of carbonyl (C=O) groups is 2. The van der Waals surface area contributed by atoms with Crippen LogP contribution in [0.3, 0.4) is 0 Å². The molecule has 5 rings (SSSR count). The van der Waals surface area contributed by atoms with E-state index in [1.54, 1.807) is 93.5 Å². The number of pyridine rings is 1. The maximum absolute atomic E-state index is 15.2. The molecule has 0 unspecified atom stereocenters. The van der Waals surface area contributed by atoms with Gasteiger partial charge in [-0.05, 0) is 63.4 Å². The molecule has 3 aromatic carbocycles. The van der Waals surface area contributed by atoms with Crippen molar-refractivity contribution in [1.82, 2.24) is 19.7 Å². The Balaban J connectivity index is 0.00000480. The lowest BCUT2D eigenvalue weighted by Crippen LogP contribution is -2.30. The van der Waals surface area contributed by atoms with E-state index in [9.17, 15) is 14.4 Å². The van der Waals surface area contributed by atoms with Gasteiger partial charge in [-0.15, -0.1) is 12.4 Å². The first-order valence-electron chi connectivity index (χ1n) is 14.1. The van der Waals surface area contributed by atoms with Crippen molar-refractivity contribution in [2.45, 2.75) is 26.5 Å². The van der Waals surface area contributed by atoms with Crippen LogP contribution < -0.4 is 25.7 Å². The summed E-state index contributed by atoms with van der Waals surface area (Å²) in [5, 5.41) is 6.03. The summed E-state index contributed by atoms with van der Waals surface area (Å²) in [4.78, 5) is 43.5. The van der Waals surface area contributed by atoms with Crippen molar-refractivity contribution in [3.8, 4) is 22.9 Å². The van der Waals surface area contributed by atoms with Gasteiger partial charge in [-0.2, -0.15) is 0 Å². The van der Waals surface area contributed by atoms with Crippen molar-refractivity contribution in [2.24, 2.45) is 0 Å². The van der Waals surface area contributed by atoms with Crippen LogP contribution in [0.2, 0.25) is 0 Å². The molecule has 0 bridgehead atoms. The van der Waals surface area contributed by atoms with Crippen molar-refractivity contribution in [2.75, 3.05) is 26.0 Å². The molecule has 0 saturated carbocycles. The Hall–Kier alpha value is -5.20. The molecule has 5 aromatic rings. The van der Waals surface area contributed by atoms with Crippen LogP contribution in [0.1, 0.15) is 23.0 Å². The first-order chi connectivity index (χ1) is 21.7. The number of anilines is 1. The van der Waals surface area contributed by atoms with Crippen molar-refractivity contribution in [3.05, 3.63) is 106 Å². The number of esters is 1. The fourth-order valence-electron chi connectivity index (χ4n) is 4.94. The second-order valence-corrected chi connectivity index (χ2v) is 10.2. The second-order valence-electron chi connectivity index (χ2n) is 10.2. The minimum absolute atomic E-state index is 0. The molecule has 2 heterocycles. The summed E-state index contributed by atoms with van der Waals surface area (Å²) in [5.41, 5.74) is 0.901. The van der Waals surface area contributed by atoms with Crippen molar-refractivity contribution >= 4 is 40.9 Å². The SMILES string of the molecule is CNCC(=O)O[C@H](C)Cn1c(C)c(C(=O)Nc2ccc(Oc3ccnc4cc(OC)ccc34)c(F)c2)c(=O)n1-c1ccccc1.Cl. The van der Waals surface area contributed by atoms with Crippen LogP contribution in [0.4, 0.5) is 10.1 Å². The largest absolute Gasteiger partial charge is 0.497 e. The van der Waals surface area contributed by atoms with Crippen LogP contribution in [-0.2, 0) is 16.1 Å². The fraction of sp³-hybridized carbons (Fsp3) is 0.212. The first-order valence-corrected chi connectivity index (χ1v) is 14.1. The van der Waals surface area contributed by atoms with Crippen LogP contribution in [0.25, 0.3) is 16.6 Å². The first kappa shape index (κ1) is 33.7. The number of benzene rings is 3. The van der Waals surface area contributed by atoms with Crippen LogP contribution in [-0.4, -0.2) is 53.0 Å². The molecule has 11 nitrogen and oxygen atoms in total. The van der Waals surface area contributed by atoms with Crippen LogP contribution in [0, 0.1) is 12.7 Å². The number of rotatable bonds is 11. The number of amides is 1. The van der Waals surface area contributed by atoms with Gasteiger partial charge in [0, 0.05) is 29.4 Å². The Kier molecular flexibility index (Phi) is 10.8.